The quantitative estimate of drug-likeness (QED) is 0.312. The van der Waals surface area contributed by atoms with E-state index in [2.05, 4.69) is 107 Å². The maximum atomic E-state index is 6.41. The molecule has 0 saturated carbocycles. The third-order valence-corrected chi connectivity index (χ3v) is 7.30. The molecule has 0 spiro atoms. The first-order chi connectivity index (χ1) is 14.9. The molecule has 0 bridgehead atoms. The van der Waals surface area contributed by atoms with Gasteiger partial charge in [0.1, 0.15) is 11.5 Å². The largest absolute Gasteiger partial charge is 0.457 e. The Morgan fingerprint density at radius 2 is 0.935 bits per heavy atom. The van der Waals surface area contributed by atoms with Gasteiger partial charge in [-0.15, -0.1) is 0 Å². The lowest BCUT2D eigenvalue weighted by atomic mass is 9.71. The van der Waals surface area contributed by atoms with E-state index in [1.807, 2.05) is 6.07 Å². The highest BCUT2D eigenvalue weighted by atomic mass is 16.5. The van der Waals surface area contributed by atoms with Gasteiger partial charge in [0.05, 0.1) is 0 Å². The van der Waals surface area contributed by atoms with Crippen LogP contribution in [-0.4, -0.2) is 0 Å². The van der Waals surface area contributed by atoms with Crippen LogP contribution in [0.2, 0.25) is 0 Å². The van der Waals surface area contributed by atoms with Crippen LogP contribution in [0, 0.1) is 0 Å². The maximum absolute atomic E-state index is 6.41. The summed E-state index contributed by atoms with van der Waals surface area (Å²) in [7, 11) is 0. The van der Waals surface area contributed by atoms with E-state index in [1.165, 1.54) is 44.5 Å². The zero-order valence-corrected chi connectivity index (χ0v) is 18.5. The van der Waals surface area contributed by atoms with Crippen LogP contribution in [0.5, 0.6) is 11.5 Å². The summed E-state index contributed by atoms with van der Waals surface area (Å²) in [5.74, 6) is 1.93. The molecule has 0 N–H and O–H groups in total. The third kappa shape index (κ3) is 2.38. The van der Waals surface area contributed by atoms with Crippen molar-refractivity contribution in [1.82, 2.24) is 0 Å². The molecule has 0 unspecified atom stereocenters. The van der Waals surface area contributed by atoms with Crippen molar-refractivity contribution in [2.24, 2.45) is 0 Å². The summed E-state index contributed by atoms with van der Waals surface area (Å²) < 4.78 is 6.41. The molecule has 4 aromatic carbocycles. The number of fused-ring (bicyclic) bond motifs is 5. The molecule has 0 aromatic heterocycles. The SMILES string of the molecule is CC1(C)c2ccccc2Oc2cccc(-c3cccc4c3C(C)(C)c3ccccc3-4)c21. The molecule has 2 aliphatic rings. The van der Waals surface area contributed by atoms with Gasteiger partial charge < -0.3 is 4.74 Å². The number of ether oxygens (including phenoxy) is 1. The first kappa shape index (κ1) is 18.4. The van der Waals surface area contributed by atoms with Gasteiger partial charge in [-0.25, -0.2) is 0 Å². The summed E-state index contributed by atoms with van der Waals surface area (Å²) in [6.07, 6.45) is 0. The molecule has 1 aliphatic heterocycles. The fourth-order valence-electron chi connectivity index (χ4n) is 5.88. The second-order valence-electron chi connectivity index (χ2n) is 9.80. The van der Waals surface area contributed by atoms with Gasteiger partial charge in [-0.1, -0.05) is 100 Å². The minimum Gasteiger partial charge on any atom is -0.457 e. The van der Waals surface area contributed by atoms with Gasteiger partial charge in [0.15, 0.2) is 0 Å². The monoisotopic (exact) mass is 402 g/mol. The van der Waals surface area contributed by atoms with Crippen molar-refractivity contribution >= 4 is 0 Å². The molecule has 1 aliphatic carbocycles. The Balaban J connectivity index is 1.65. The van der Waals surface area contributed by atoms with E-state index in [0.29, 0.717) is 0 Å². The minimum atomic E-state index is -0.154. The average Bonchev–Trinajstić information content (AvgIpc) is 3.01. The predicted molar refractivity (Wildman–Crippen MR) is 128 cm³/mol. The Morgan fingerprint density at radius 3 is 1.71 bits per heavy atom. The van der Waals surface area contributed by atoms with E-state index >= 15 is 0 Å². The van der Waals surface area contributed by atoms with Gasteiger partial charge in [-0.05, 0) is 45.5 Å². The highest BCUT2D eigenvalue weighted by molar-refractivity contribution is 5.90. The molecule has 1 nitrogen and oxygen atoms in total. The number of benzene rings is 4. The lowest BCUT2D eigenvalue weighted by Crippen LogP contribution is -2.25. The van der Waals surface area contributed by atoms with Crippen molar-refractivity contribution in [2.45, 2.75) is 38.5 Å². The fourth-order valence-corrected chi connectivity index (χ4v) is 5.88. The first-order valence-electron chi connectivity index (χ1n) is 11.1. The normalized spacial score (nSPS) is 16.5. The molecule has 31 heavy (non-hydrogen) atoms. The fraction of sp³-hybridized carbons (Fsp3) is 0.200. The van der Waals surface area contributed by atoms with Crippen molar-refractivity contribution < 1.29 is 4.74 Å². The third-order valence-electron chi connectivity index (χ3n) is 7.30. The second kappa shape index (κ2) is 6.11. The highest BCUT2D eigenvalue weighted by Gasteiger charge is 2.40. The minimum absolute atomic E-state index is 0.0528. The van der Waals surface area contributed by atoms with Gasteiger partial charge in [0, 0.05) is 22.0 Å². The van der Waals surface area contributed by atoms with Crippen LogP contribution >= 0.6 is 0 Å². The van der Waals surface area contributed by atoms with Crippen molar-refractivity contribution in [3.63, 3.8) is 0 Å². The number of rotatable bonds is 1. The average molecular weight is 403 g/mol. The lowest BCUT2D eigenvalue weighted by Gasteiger charge is -2.37. The van der Waals surface area contributed by atoms with Gasteiger partial charge in [-0.2, -0.15) is 0 Å². The molecule has 1 heteroatoms. The number of hydrogen-bond donors (Lipinski definition) is 0. The van der Waals surface area contributed by atoms with Crippen LogP contribution < -0.4 is 4.74 Å². The van der Waals surface area contributed by atoms with Gasteiger partial charge in [0.25, 0.3) is 0 Å². The van der Waals surface area contributed by atoms with E-state index < -0.39 is 0 Å². The Bertz CT molecular complexity index is 1360. The lowest BCUT2D eigenvalue weighted by molar-refractivity contribution is 0.419. The topological polar surface area (TPSA) is 9.23 Å². The summed E-state index contributed by atoms with van der Waals surface area (Å²) in [4.78, 5) is 0. The van der Waals surface area contributed by atoms with E-state index in [0.717, 1.165) is 11.5 Å². The molecule has 0 saturated heterocycles. The highest BCUT2D eigenvalue weighted by Crippen LogP contribution is 2.56. The molecule has 0 fully saturated rings. The van der Waals surface area contributed by atoms with Crippen molar-refractivity contribution in [2.75, 3.05) is 0 Å². The zero-order chi connectivity index (χ0) is 21.4. The van der Waals surface area contributed by atoms with Crippen LogP contribution in [0.15, 0.2) is 84.9 Å². The predicted octanol–water partition coefficient (Wildman–Crippen LogP) is 8.09. The van der Waals surface area contributed by atoms with E-state index in [1.54, 1.807) is 0 Å². The molecule has 0 radical (unpaired) electrons. The zero-order valence-electron chi connectivity index (χ0n) is 18.5. The van der Waals surface area contributed by atoms with Crippen LogP contribution in [0.3, 0.4) is 0 Å². The Hall–Kier alpha value is -3.32. The Labute approximate surface area is 184 Å². The van der Waals surface area contributed by atoms with Crippen molar-refractivity contribution in [1.29, 1.82) is 0 Å². The molecule has 1 heterocycles. The molecule has 4 aromatic rings. The summed E-state index contributed by atoms with van der Waals surface area (Å²) in [6.45, 7) is 9.35. The van der Waals surface area contributed by atoms with Crippen LogP contribution in [0.25, 0.3) is 22.3 Å². The van der Waals surface area contributed by atoms with Gasteiger partial charge in [-0.3, -0.25) is 0 Å². The van der Waals surface area contributed by atoms with Crippen molar-refractivity contribution in [3.8, 4) is 33.8 Å². The summed E-state index contributed by atoms with van der Waals surface area (Å²) in [5.41, 5.74) is 10.4. The molecule has 0 atom stereocenters. The standard InChI is InChI=1S/C30H26O/c1-29(2)23-15-6-5-11-19(23)20-12-9-13-21(27(20)29)22-14-10-18-26-28(22)30(3,4)24-16-7-8-17-25(24)31-26/h5-18H,1-4H3. The summed E-state index contributed by atoms with van der Waals surface area (Å²) >= 11 is 0. The number of para-hydroxylation sites is 1. The molecular weight excluding hydrogens is 376 g/mol. The first-order valence-corrected chi connectivity index (χ1v) is 11.1. The smallest absolute Gasteiger partial charge is 0.132 e. The Kier molecular flexibility index (Phi) is 3.63. The summed E-state index contributed by atoms with van der Waals surface area (Å²) in [5, 5.41) is 0. The van der Waals surface area contributed by atoms with Gasteiger partial charge in [0.2, 0.25) is 0 Å². The molecule has 0 amide bonds. The summed E-state index contributed by atoms with van der Waals surface area (Å²) in [6, 6.07) is 30.6. The van der Waals surface area contributed by atoms with Crippen LogP contribution in [0.1, 0.15) is 49.9 Å². The molecule has 152 valence electrons. The van der Waals surface area contributed by atoms with Crippen LogP contribution in [-0.2, 0) is 10.8 Å². The molecule has 6 rings (SSSR count). The second-order valence-corrected chi connectivity index (χ2v) is 9.80. The van der Waals surface area contributed by atoms with Crippen LogP contribution in [0.4, 0.5) is 0 Å². The maximum Gasteiger partial charge on any atom is 0.132 e. The Morgan fingerprint density at radius 1 is 0.452 bits per heavy atom. The van der Waals surface area contributed by atoms with E-state index in [9.17, 15) is 0 Å². The van der Waals surface area contributed by atoms with Crippen molar-refractivity contribution in [3.05, 3.63) is 107 Å². The van der Waals surface area contributed by atoms with Gasteiger partial charge >= 0.3 is 0 Å². The molecular formula is C30H26O. The number of hydrogen-bond acceptors (Lipinski definition) is 1. The van der Waals surface area contributed by atoms with E-state index in [4.69, 9.17) is 4.74 Å². The van der Waals surface area contributed by atoms with E-state index in [-0.39, 0.29) is 10.8 Å².